The molecule has 2 aliphatic heterocycles. The first kappa shape index (κ1) is 28.1. The number of halogens is 4. The highest BCUT2D eigenvalue weighted by molar-refractivity contribution is 7.10. The van der Waals surface area contributed by atoms with Gasteiger partial charge in [-0.2, -0.15) is 13.2 Å². The van der Waals surface area contributed by atoms with Crippen LogP contribution in [-0.4, -0.2) is 65.4 Å². The summed E-state index contributed by atoms with van der Waals surface area (Å²) < 4.78 is 53.1. The van der Waals surface area contributed by atoms with E-state index in [0.29, 0.717) is 19.6 Å². The molecule has 2 aliphatic rings. The lowest BCUT2D eigenvalue weighted by Crippen LogP contribution is -2.56. The summed E-state index contributed by atoms with van der Waals surface area (Å²) in [6, 6.07) is 12.3. The molecule has 0 radical (unpaired) electrons. The number of alkyl halides is 3. The van der Waals surface area contributed by atoms with Gasteiger partial charge < -0.3 is 15.1 Å². The van der Waals surface area contributed by atoms with E-state index in [1.54, 1.807) is 28.4 Å². The maximum Gasteiger partial charge on any atom is 0.416 e. The van der Waals surface area contributed by atoms with Crippen molar-refractivity contribution in [1.82, 2.24) is 14.7 Å². The smallest absolute Gasteiger partial charge is 0.339 e. The molecule has 1 fully saturated rings. The van der Waals surface area contributed by atoms with Crippen molar-refractivity contribution in [3.63, 3.8) is 0 Å². The predicted octanol–water partition coefficient (Wildman–Crippen LogP) is 6.01. The zero-order valence-electron chi connectivity index (χ0n) is 22.0. The monoisotopic (exact) mass is 574 g/mol. The molecule has 0 aliphatic carbocycles. The molecule has 2 atom stereocenters. The van der Waals surface area contributed by atoms with Crippen LogP contribution in [0.2, 0.25) is 0 Å². The van der Waals surface area contributed by atoms with Crippen LogP contribution in [0.25, 0.3) is 0 Å². The summed E-state index contributed by atoms with van der Waals surface area (Å²) >= 11 is 1.70. The van der Waals surface area contributed by atoms with E-state index in [1.165, 1.54) is 28.0 Å². The van der Waals surface area contributed by atoms with Gasteiger partial charge in [-0.3, -0.25) is 9.69 Å². The lowest BCUT2D eigenvalue weighted by Gasteiger charge is -2.40. The molecule has 1 aromatic heterocycles. The van der Waals surface area contributed by atoms with Crippen molar-refractivity contribution < 1.29 is 27.2 Å². The Morgan fingerprint density at radius 1 is 1.05 bits per heavy atom. The highest BCUT2D eigenvalue weighted by atomic mass is 32.1. The van der Waals surface area contributed by atoms with Crippen molar-refractivity contribution in [2.75, 3.05) is 38.0 Å². The molecule has 3 aromatic rings. The van der Waals surface area contributed by atoms with Gasteiger partial charge in [0, 0.05) is 55.8 Å². The van der Waals surface area contributed by atoms with E-state index in [9.17, 15) is 27.2 Å². The second kappa shape index (κ2) is 11.6. The van der Waals surface area contributed by atoms with Crippen LogP contribution < -0.4 is 5.32 Å². The average Bonchev–Trinajstić information content (AvgIpc) is 3.40. The van der Waals surface area contributed by atoms with Crippen LogP contribution in [0.1, 0.15) is 41.0 Å². The summed E-state index contributed by atoms with van der Waals surface area (Å²) in [5, 5.41) is 4.60. The number of hydrogen-bond acceptors (Lipinski definition) is 4. The Balaban J connectivity index is 1.18. The lowest BCUT2D eigenvalue weighted by molar-refractivity contribution is -0.137. The first-order valence-corrected chi connectivity index (χ1v) is 14.1. The fourth-order valence-electron chi connectivity index (χ4n) is 5.53. The maximum atomic E-state index is 14.1. The van der Waals surface area contributed by atoms with Gasteiger partial charge in [-0.05, 0) is 66.2 Å². The fourth-order valence-corrected chi connectivity index (χ4v) is 6.43. The van der Waals surface area contributed by atoms with E-state index < -0.39 is 17.8 Å². The third-order valence-corrected chi connectivity index (χ3v) is 8.52. The van der Waals surface area contributed by atoms with E-state index in [0.717, 1.165) is 36.2 Å². The predicted molar refractivity (Wildman–Crippen MR) is 146 cm³/mol. The molecule has 1 N–H and O–H groups in total. The number of nitrogens with one attached hydrogen (secondary N) is 1. The number of amides is 3. The quantitative estimate of drug-likeness (QED) is 0.380. The first-order valence-electron chi connectivity index (χ1n) is 13.2. The van der Waals surface area contributed by atoms with Crippen LogP contribution in [-0.2, 0) is 17.4 Å². The molecule has 0 bridgehead atoms. The van der Waals surface area contributed by atoms with E-state index >= 15 is 0 Å². The Kier molecular flexibility index (Phi) is 8.14. The number of hydrogen-bond donors (Lipinski definition) is 1. The van der Waals surface area contributed by atoms with Gasteiger partial charge in [-0.15, -0.1) is 11.3 Å². The number of carbonyl (C=O) groups is 2. The number of nitrogens with zero attached hydrogens (tertiary/aromatic N) is 3. The van der Waals surface area contributed by atoms with Gasteiger partial charge in [0.1, 0.15) is 5.82 Å². The van der Waals surface area contributed by atoms with Crippen LogP contribution >= 0.6 is 11.3 Å². The molecule has 11 heteroatoms. The van der Waals surface area contributed by atoms with Crippen LogP contribution in [0.5, 0.6) is 0 Å². The maximum absolute atomic E-state index is 14.1. The Hall–Kier alpha value is -3.44. The van der Waals surface area contributed by atoms with Gasteiger partial charge in [0.15, 0.2) is 0 Å². The van der Waals surface area contributed by atoms with Crippen LogP contribution in [0.15, 0.2) is 60.0 Å². The fraction of sp³-hybridized carbons (Fsp3) is 0.379. The number of carbonyl (C=O) groups excluding carboxylic acids is 2. The van der Waals surface area contributed by atoms with Gasteiger partial charge >= 0.3 is 12.2 Å². The lowest BCUT2D eigenvalue weighted by atomic mass is 9.93. The third-order valence-electron chi connectivity index (χ3n) is 7.53. The van der Waals surface area contributed by atoms with Crippen molar-refractivity contribution >= 4 is 29.0 Å². The second-order valence-electron chi connectivity index (χ2n) is 10.2. The molecule has 5 rings (SSSR count). The number of anilines is 1. The minimum atomic E-state index is -4.50. The normalized spacial score (nSPS) is 19.8. The van der Waals surface area contributed by atoms with E-state index in [1.807, 2.05) is 13.0 Å². The zero-order chi connectivity index (χ0) is 28.4. The minimum Gasteiger partial charge on any atom is -0.339 e. The number of benzene rings is 2. The Bertz CT molecular complexity index is 1380. The molecule has 212 valence electrons. The summed E-state index contributed by atoms with van der Waals surface area (Å²) in [4.78, 5) is 32.8. The molecule has 0 saturated carbocycles. The molecule has 2 aromatic carbocycles. The molecule has 3 amide bonds. The van der Waals surface area contributed by atoms with E-state index in [2.05, 4.69) is 21.7 Å². The van der Waals surface area contributed by atoms with Crippen LogP contribution in [0, 0.1) is 5.82 Å². The van der Waals surface area contributed by atoms with E-state index in [-0.39, 0.29) is 42.5 Å². The van der Waals surface area contributed by atoms with Crippen molar-refractivity contribution in [3.05, 3.63) is 87.4 Å². The Morgan fingerprint density at radius 2 is 1.85 bits per heavy atom. The van der Waals surface area contributed by atoms with Crippen LogP contribution in [0.3, 0.4) is 0 Å². The zero-order valence-corrected chi connectivity index (χ0v) is 22.8. The molecular weight excluding hydrogens is 544 g/mol. The van der Waals surface area contributed by atoms with Gasteiger partial charge in [-0.1, -0.05) is 18.2 Å². The highest BCUT2D eigenvalue weighted by Gasteiger charge is 2.34. The van der Waals surface area contributed by atoms with Crippen LogP contribution in [0.4, 0.5) is 28.0 Å². The number of thiophene rings is 1. The molecule has 3 heterocycles. The highest BCUT2D eigenvalue weighted by Crippen LogP contribution is 2.38. The summed E-state index contributed by atoms with van der Waals surface area (Å²) in [5.74, 6) is -0.321. The number of fused-ring (bicyclic) bond motifs is 1. The largest absolute Gasteiger partial charge is 0.416 e. The summed E-state index contributed by atoms with van der Waals surface area (Å²) in [6.45, 7) is 4.03. The number of rotatable bonds is 5. The van der Waals surface area contributed by atoms with Crippen molar-refractivity contribution in [3.8, 4) is 0 Å². The van der Waals surface area contributed by atoms with Crippen molar-refractivity contribution in [1.29, 1.82) is 0 Å². The summed E-state index contributed by atoms with van der Waals surface area (Å²) in [6.07, 6.45) is -3.34. The minimum absolute atomic E-state index is 0.0288. The topological polar surface area (TPSA) is 55.9 Å². The molecule has 1 saturated heterocycles. The first-order chi connectivity index (χ1) is 19.1. The molecule has 0 unspecified atom stereocenters. The van der Waals surface area contributed by atoms with Gasteiger partial charge in [0.05, 0.1) is 11.6 Å². The number of piperazine rings is 1. The Labute approximate surface area is 234 Å². The number of urea groups is 1. The average molecular weight is 575 g/mol. The van der Waals surface area contributed by atoms with Gasteiger partial charge in [0.2, 0.25) is 5.91 Å². The van der Waals surface area contributed by atoms with Crippen molar-refractivity contribution in [2.24, 2.45) is 0 Å². The van der Waals surface area contributed by atoms with Crippen molar-refractivity contribution in [2.45, 2.75) is 38.0 Å². The Morgan fingerprint density at radius 3 is 2.60 bits per heavy atom. The second-order valence-corrected chi connectivity index (χ2v) is 11.2. The summed E-state index contributed by atoms with van der Waals surface area (Å²) in [5.41, 5.74) is 1.25. The summed E-state index contributed by atoms with van der Waals surface area (Å²) in [7, 11) is 0. The third kappa shape index (κ3) is 6.15. The van der Waals surface area contributed by atoms with E-state index in [4.69, 9.17) is 0 Å². The molecular formula is C29H30F4N4O2S. The molecule has 6 nitrogen and oxygen atoms in total. The SMILES string of the molecule is C[C@H]1CN(C(=O)CCN2CCc3sccc3[C@@H]2c2cccc(F)c2)CCN1C(=O)Nc1cccc(C(F)(F)F)c1. The molecule has 40 heavy (non-hydrogen) atoms. The van der Waals surface area contributed by atoms with Gasteiger partial charge in [-0.25, -0.2) is 9.18 Å². The molecule has 0 spiro atoms. The van der Waals surface area contributed by atoms with Gasteiger partial charge in [0.25, 0.3) is 0 Å². The standard InChI is InChI=1S/C29H30F4N4O2S/c1-19-18-36(13-14-37(19)28(39)34-23-7-3-5-21(17-23)29(31,32)33)26(38)9-12-35-11-8-25-24(10-15-40-25)27(35)20-4-2-6-22(30)16-20/h2-7,10,15-17,19,27H,8-9,11-14,18H2,1H3,(H,34,39)/t19-,27-/m0/s1.